The number of hydrogen-bond donors (Lipinski definition) is 0. The molecule has 2 heterocycles. The van der Waals surface area contributed by atoms with Crippen LogP contribution in [0.3, 0.4) is 0 Å². The number of thioether (sulfide) groups is 1. The molecule has 2 nitrogen and oxygen atoms in total. The lowest BCUT2D eigenvalue weighted by atomic mass is 9.97. The second-order valence-corrected chi connectivity index (χ2v) is 7.34. The van der Waals surface area contributed by atoms with Crippen molar-refractivity contribution in [1.29, 1.82) is 0 Å². The Balaban J connectivity index is 1.98. The lowest BCUT2D eigenvalue weighted by Crippen LogP contribution is -2.48. The van der Waals surface area contributed by atoms with Gasteiger partial charge in [0.1, 0.15) is 0 Å². The van der Waals surface area contributed by atoms with Crippen molar-refractivity contribution in [3.8, 4) is 0 Å². The number of halogens is 1. The highest BCUT2D eigenvalue weighted by Crippen LogP contribution is 2.39. The summed E-state index contributed by atoms with van der Waals surface area (Å²) in [4.78, 5) is 14.6. The fourth-order valence-electron chi connectivity index (χ4n) is 2.66. The van der Waals surface area contributed by atoms with E-state index in [1.54, 1.807) is 0 Å². The van der Waals surface area contributed by atoms with E-state index >= 15 is 0 Å². The number of carbonyl (C=O) groups excluding carboxylic acids is 1. The molecule has 2 saturated heterocycles. The Morgan fingerprint density at radius 2 is 2.38 bits per heavy atom. The number of piperidine rings is 1. The topological polar surface area (TPSA) is 20.3 Å². The normalized spacial score (nSPS) is 35.4. The summed E-state index contributed by atoms with van der Waals surface area (Å²) < 4.78 is -0.117. The van der Waals surface area contributed by atoms with E-state index in [4.69, 9.17) is 0 Å². The van der Waals surface area contributed by atoms with Crippen LogP contribution in [0, 0.1) is 5.92 Å². The Hall–Kier alpha value is 0.300. The average Bonchev–Trinajstić information content (AvgIpc) is 2.76. The minimum Gasteiger partial charge on any atom is -0.341 e. The maximum absolute atomic E-state index is 12.5. The molecule has 2 rings (SSSR count). The summed E-state index contributed by atoms with van der Waals surface area (Å²) in [6.07, 6.45) is 4.69. The zero-order valence-corrected chi connectivity index (χ0v) is 12.3. The number of alkyl halides is 1. The smallest absolute Gasteiger partial charge is 0.238 e. The Morgan fingerprint density at radius 3 is 3.00 bits per heavy atom. The predicted octanol–water partition coefficient (Wildman–Crippen LogP) is 2.91. The van der Waals surface area contributed by atoms with E-state index in [2.05, 4.69) is 27.8 Å². The quantitative estimate of drug-likeness (QED) is 0.731. The lowest BCUT2D eigenvalue weighted by molar-refractivity contribution is -0.135. The Kier molecular flexibility index (Phi) is 4.22. The average molecular weight is 306 g/mol. The summed E-state index contributed by atoms with van der Waals surface area (Å²) in [5.74, 6) is 2.20. The van der Waals surface area contributed by atoms with Crippen molar-refractivity contribution in [2.24, 2.45) is 5.92 Å². The van der Waals surface area contributed by atoms with Crippen molar-refractivity contribution in [3.63, 3.8) is 0 Å². The summed E-state index contributed by atoms with van der Waals surface area (Å²) in [5, 5.41) is 1.03. The first-order valence-electron chi connectivity index (χ1n) is 6.15. The van der Waals surface area contributed by atoms with Crippen molar-refractivity contribution in [2.45, 2.75) is 37.4 Å². The standard InChI is InChI=1S/C12H20BrNOS/c1-12(5-3-7-16-12)11(15)14-6-2-4-10(8-13)9-14/h10H,2-9H2,1H3. The molecule has 0 bridgehead atoms. The maximum Gasteiger partial charge on any atom is 0.238 e. The molecule has 2 fully saturated rings. The minimum absolute atomic E-state index is 0.117. The summed E-state index contributed by atoms with van der Waals surface area (Å²) in [6.45, 7) is 4.06. The van der Waals surface area contributed by atoms with Gasteiger partial charge in [0.15, 0.2) is 0 Å². The Bertz CT molecular complexity index is 266. The highest BCUT2D eigenvalue weighted by atomic mass is 79.9. The molecular formula is C12H20BrNOS. The lowest BCUT2D eigenvalue weighted by Gasteiger charge is -2.36. The molecule has 0 aliphatic carbocycles. The van der Waals surface area contributed by atoms with Gasteiger partial charge in [-0.25, -0.2) is 0 Å². The van der Waals surface area contributed by atoms with Crippen LogP contribution in [0.4, 0.5) is 0 Å². The van der Waals surface area contributed by atoms with Gasteiger partial charge < -0.3 is 4.90 Å². The zero-order valence-electron chi connectivity index (χ0n) is 9.88. The molecule has 4 heteroatoms. The summed E-state index contributed by atoms with van der Waals surface area (Å²) >= 11 is 5.39. The molecule has 0 aromatic rings. The minimum atomic E-state index is -0.117. The van der Waals surface area contributed by atoms with E-state index in [1.165, 1.54) is 19.3 Å². The van der Waals surface area contributed by atoms with E-state index in [0.717, 1.165) is 30.6 Å². The molecule has 2 aliphatic rings. The van der Waals surface area contributed by atoms with Crippen molar-refractivity contribution in [1.82, 2.24) is 4.90 Å². The van der Waals surface area contributed by atoms with Crippen LogP contribution in [0.25, 0.3) is 0 Å². The Labute approximate surface area is 111 Å². The summed E-state index contributed by atoms with van der Waals surface area (Å²) in [7, 11) is 0. The van der Waals surface area contributed by atoms with Gasteiger partial charge in [0.2, 0.25) is 5.91 Å². The van der Waals surface area contributed by atoms with Gasteiger partial charge in [-0.3, -0.25) is 4.79 Å². The summed E-state index contributed by atoms with van der Waals surface area (Å²) in [6, 6.07) is 0. The van der Waals surface area contributed by atoms with Gasteiger partial charge in [0, 0.05) is 18.4 Å². The molecule has 0 spiro atoms. The molecule has 2 unspecified atom stereocenters. The number of nitrogens with zero attached hydrogens (tertiary/aromatic N) is 1. The molecule has 0 N–H and O–H groups in total. The van der Waals surface area contributed by atoms with Crippen molar-refractivity contribution in [3.05, 3.63) is 0 Å². The fraction of sp³-hybridized carbons (Fsp3) is 0.917. The summed E-state index contributed by atoms with van der Waals surface area (Å²) in [5.41, 5.74) is 0. The van der Waals surface area contributed by atoms with Crippen LogP contribution in [0.5, 0.6) is 0 Å². The molecular weight excluding hydrogens is 286 g/mol. The Morgan fingerprint density at radius 1 is 1.56 bits per heavy atom. The van der Waals surface area contributed by atoms with Crippen molar-refractivity contribution < 1.29 is 4.79 Å². The largest absolute Gasteiger partial charge is 0.341 e. The molecule has 0 radical (unpaired) electrons. The zero-order chi connectivity index (χ0) is 11.6. The van der Waals surface area contributed by atoms with Gasteiger partial charge in [0.25, 0.3) is 0 Å². The molecule has 2 atom stereocenters. The number of hydrogen-bond acceptors (Lipinski definition) is 2. The molecule has 16 heavy (non-hydrogen) atoms. The van der Waals surface area contributed by atoms with E-state index in [9.17, 15) is 4.79 Å². The number of likely N-dealkylation sites (tertiary alicyclic amines) is 1. The molecule has 0 saturated carbocycles. The van der Waals surface area contributed by atoms with E-state index in [-0.39, 0.29) is 4.75 Å². The molecule has 0 aromatic heterocycles. The van der Waals surface area contributed by atoms with Gasteiger partial charge in [-0.05, 0) is 44.3 Å². The second-order valence-electron chi connectivity index (χ2n) is 5.10. The van der Waals surface area contributed by atoms with Gasteiger partial charge in [-0.15, -0.1) is 11.8 Å². The number of rotatable bonds is 2. The van der Waals surface area contributed by atoms with Crippen LogP contribution >= 0.6 is 27.7 Å². The third kappa shape index (κ3) is 2.58. The fourth-order valence-corrected chi connectivity index (χ4v) is 4.47. The van der Waals surface area contributed by atoms with Crippen molar-refractivity contribution >= 4 is 33.6 Å². The molecule has 92 valence electrons. The highest BCUT2D eigenvalue weighted by Gasteiger charge is 2.40. The van der Waals surface area contributed by atoms with Gasteiger partial charge >= 0.3 is 0 Å². The van der Waals surface area contributed by atoms with Crippen LogP contribution in [-0.2, 0) is 4.79 Å². The predicted molar refractivity (Wildman–Crippen MR) is 73.2 cm³/mol. The van der Waals surface area contributed by atoms with Gasteiger partial charge in [0.05, 0.1) is 4.75 Å². The maximum atomic E-state index is 12.5. The highest BCUT2D eigenvalue weighted by molar-refractivity contribution is 9.09. The van der Waals surface area contributed by atoms with Crippen LogP contribution in [0.1, 0.15) is 32.6 Å². The first-order chi connectivity index (χ1) is 7.65. The van der Waals surface area contributed by atoms with Crippen LogP contribution in [0.2, 0.25) is 0 Å². The monoisotopic (exact) mass is 305 g/mol. The molecule has 2 aliphatic heterocycles. The SMILES string of the molecule is CC1(C(=O)N2CCCC(CBr)C2)CCCS1. The first kappa shape index (κ1) is 12.7. The van der Waals surface area contributed by atoms with Crippen molar-refractivity contribution in [2.75, 3.05) is 24.2 Å². The van der Waals surface area contributed by atoms with E-state index < -0.39 is 0 Å². The second kappa shape index (κ2) is 5.30. The van der Waals surface area contributed by atoms with Crippen LogP contribution < -0.4 is 0 Å². The third-order valence-electron chi connectivity index (χ3n) is 3.70. The third-order valence-corrected chi connectivity index (χ3v) is 6.12. The van der Waals surface area contributed by atoms with E-state index in [0.29, 0.717) is 11.8 Å². The van der Waals surface area contributed by atoms with Gasteiger partial charge in [-0.2, -0.15) is 0 Å². The molecule has 1 amide bonds. The number of amides is 1. The van der Waals surface area contributed by atoms with Gasteiger partial charge in [-0.1, -0.05) is 15.9 Å². The van der Waals surface area contributed by atoms with Crippen LogP contribution in [0.15, 0.2) is 0 Å². The number of carbonyl (C=O) groups is 1. The van der Waals surface area contributed by atoms with Crippen LogP contribution in [-0.4, -0.2) is 39.7 Å². The molecule has 0 aromatic carbocycles. The van der Waals surface area contributed by atoms with E-state index in [1.807, 2.05) is 11.8 Å². The first-order valence-corrected chi connectivity index (χ1v) is 8.26.